The first kappa shape index (κ1) is 11.9. The van der Waals surface area contributed by atoms with Crippen molar-refractivity contribution in [2.75, 3.05) is 7.11 Å². The summed E-state index contributed by atoms with van der Waals surface area (Å²) < 4.78 is 18.4. The van der Waals surface area contributed by atoms with E-state index in [1.54, 1.807) is 12.1 Å². The van der Waals surface area contributed by atoms with E-state index in [9.17, 15) is 4.39 Å². The van der Waals surface area contributed by atoms with Crippen molar-refractivity contribution in [3.05, 3.63) is 29.6 Å². The van der Waals surface area contributed by atoms with Crippen LogP contribution in [0.25, 0.3) is 0 Å². The maximum atomic E-state index is 13.5. The predicted molar refractivity (Wildman–Crippen MR) is 66.6 cm³/mol. The second-order valence-electron chi connectivity index (χ2n) is 4.39. The number of rotatable bonds is 4. The van der Waals surface area contributed by atoms with E-state index >= 15 is 0 Å². The Labute approximate surface area is 104 Å². The molecule has 1 fully saturated rings. The minimum atomic E-state index is -0.280. The number of halogens is 2. The standard InChI is InChI=1S/C13H16BrFO/c1-16-13-6-5-10(8-12(13)15)11(14)7-9-3-2-4-9/h5-6,8-9,11H,2-4,7H2,1H3. The van der Waals surface area contributed by atoms with Crippen molar-refractivity contribution in [1.29, 1.82) is 0 Å². The minimum Gasteiger partial charge on any atom is -0.494 e. The van der Waals surface area contributed by atoms with Gasteiger partial charge in [0.25, 0.3) is 0 Å². The van der Waals surface area contributed by atoms with E-state index in [1.807, 2.05) is 6.07 Å². The van der Waals surface area contributed by atoms with Crippen LogP contribution in [0.5, 0.6) is 5.75 Å². The molecule has 1 aliphatic rings. The molecule has 0 saturated heterocycles. The Balaban J connectivity index is 2.04. The molecule has 1 aromatic rings. The van der Waals surface area contributed by atoms with Crippen LogP contribution in [-0.4, -0.2) is 7.11 Å². The average Bonchev–Trinajstić information content (AvgIpc) is 2.23. The molecule has 1 aliphatic carbocycles. The lowest BCUT2D eigenvalue weighted by atomic mass is 9.81. The molecular formula is C13H16BrFO. The first-order valence-electron chi connectivity index (χ1n) is 5.68. The Morgan fingerprint density at radius 2 is 2.25 bits per heavy atom. The summed E-state index contributed by atoms with van der Waals surface area (Å²) in [5.74, 6) is 0.847. The molecule has 16 heavy (non-hydrogen) atoms. The van der Waals surface area contributed by atoms with E-state index in [2.05, 4.69) is 15.9 Å². The topological polar surface area (TPSA) is 9.23 Å². The summed E-state index contributed by atoms with van der Waals surface area (Å²) in [5.41, 5.74) is 1.00. The van der Waals surface area contributed by atoms with Crippen LogP contribution < -0.4 is 4.74 Å². The number of alkyl halides is 1. The third-order valence-electron chi connectivity index (χ3n) is 3.30. The summed E-state index contributed by atoms with van der Waals surface area (Å²) >= 11 is 3.63. The van der Waals surface area contributed by atoms with Gasteiger partial charge in [-0.15, -0.1) is 0 Å². The number of hydrogen-bond acceptors (Lipinski definition) is 1. The third kappa shape index (κ3) is 2.57. The van der Waals surface area contributed by atoms with Crippen molar-refractivity contribution < 1.29 is 9.13 Å². The predicted octanol–water partition coefficient (Wildman–Crippen LogP) is 4.46. The highest BCUT2D eigenvalue weighted by atomic mass is 79.9. The molecule has 2 rings (SSSR count). The van der Waals surface area contributed by atoms with Gasteiger partial charge in [0, 0.05) is 4.83 Å². The lowest BCUT2D eigenvalue weighted by Gasteiger charge is -2.27. The maximum Gasteiger partial charge on any atom is 0.165 e. The molecule has 0 spiro atoms. The summed E-state index contributed by atoms with van der Waals surface area (Å²) in [4.78, 5) is 0.262. The highest BCUT2D eigenvalue weighted by molar-refractivity contribution is 9.09. The van der Waals surface area contributed by atoms with E-state index in [0.29, 0.717) is 5.75 Å². The van der Waals surface area contributed by atoms with Crippen LogP contribution in [0.2, 0.25) is 0 Å². The molecule has 0 N–H and O–H groups in total. The molecule has 1 nitrogen and oxygen atoms in total. The van der Waals surface area contributed by atoms with Crippen molar-refractivity contribution in [2.45, 2.75) is 30.5 Å². The van der Waals surface area contributed by atoms with Gasteiger partial charge in [-0.1, -0.05) is 41.3 Å². The first-order chi connectivity index (χ1) is 7.70. The van der Waals surface area contributed by atoms with Crippen LogP contribution in [0.15, 0.2) is 18.2 Å². The summed E-state index contributed by atoms with van der Waals surface area (Å²) in [7, 11) is 1.48. The van der Waals surface area contributed by atoms with Gasteiger partial charge in [0.1, 0.15) is 0 Å². The maximum absolute atomic E-state index is 13.5. The van der Waals surface area contributed by atoms with Gasteiger partial charge in [0.05, 0.1) is 7.11 Å². The number of hydrogen-bond donors (Lipinski definition) is 0. The zero-order chi connectivity index (χ0) is 11.5. The Hall–Kier alpha value is -0.570. The van der Waals surface area contributed by atoms with Gasteiger partial charge >= 0.3 is 0 Å². The highest BCUT2D eigenvalue weighted by Gasteiger charge is 2.22. The van der Waals surface area contributed by atoms with Gasteiger partial charge in [-0.25, -0.2) is 4.39 Å². The summed E-state index contributed by atoms with van der Waals surface area (Å²) in [6, 6.07) is 5.19. The molecule has 0 aliphatic heterocycles. The molecule has 0 amide bonds. The number of ether oxygens (including phenoxy) is 1. The van der Waals surface area contributed by atoms with E-state index in [-0.39, 0.29) is 10.6 Å². The van der Waals surface area contributed by atoms with Crippen LogP contribution in [0.1, 0.15) is 36.1 Å². The van der Waals surface area contributed by atoms with Crippen LogP contribution in [0, 0.1) is 11.7 Å². The molecule has 1 unspecified atom stereocenters. The molecule has 1 atom stereocenters. The Morgan fingerprint density at radius 3 is 2.75 bits per heavy atom. The number of benzene rings is 1. The van der Waals surface area contributed by atoms with E-state index in [1.165, 1.54) is 26.4 Å². The highest BCUT2D eigenvalue weighted by Crippen LogP contribution is 2.39. The molecule has 0 radical (unpaired) electrons. The van der Waals surface area contributed by atoms with Gasteiger partial charge in [-0.05, 0) is 30.0 Å². The van der Waals surface area contributed by atoms with Crippen molar-refractivity contribution in [2.24, 2.45) is 5.92 Å². The summed E-state index contributed by atoms with van der Waals surface area (Å²) in [6.07, 6.45) is 5.09. The molecule has 0 heterocycles. The van der Waals surface area contributed by atoms with Crippen molar-refractivity contribution in [1.82, 2.24) is 0 Å². The molecule has 0 aromatic heterocycles. The van der Waals surface area contributed by atoms with Gasteiger partial charge in [-0.2, -0.15) is 0 Å². The van der Waals surface area contributed by atoms with Crippen molar-refractivity contribution >= 4 is 15.9 Å². The molecule has 88 valence electrons. The largest absolute Gasteiger partial charge is 0.494 e. The Morgan fingerprint density at radius 1 is 1.50 bits per heavy atom. The fourth-order valence-electron chi connectivity index (χ4n) is 2.03. The van der Waals surface area contributed by atoms with Crippen LogP contribution in [0.3, 0.4) is 0 Å². The fourth-order valence-corrected chi connectivity index (χ4v) is 2.85. The molecule has 1 aromatic carbocycles. The first-order valence-corrected chi connectivity index (χ1v) is 6.59. The zero-order valence-corrected chi connectivity index (χ0v) is 11.0. The summed E-state index contributed by atoms with van der Waals surface area (Å²) in [5, 5.41) is 0. The fraction of sp³-hybridized carbons (Fsp3) is 0.538. The number of methoxy groups -OCH3 is 1. The molecule has 1 saturated carbocycles. The van der Waals surface area contributed by atoms with Crippen molar-refractivity contribution in [3.63, 3.8) is 0 Å². The lowest BCUT2D eigenvalue weighted by Crippen LogP contribution is -2.12. The third-order valence-corrected chi connectivity index (χ3v) is 4.21. The normalized spacial score (nSPS) is 17.9. The summed E-state index contributed by atoms with van der Waals surface area (Å²) in [6.45, 7) is 0. The van der Waals surface area contributed by atoms with E-state index in [0.717, 1.165) is 17.9 Å². The van der Waals surface area contributed by atoms with Gasteiger partial charge < -0.3 is 4.74 Å². The van der Waals surface area contributed by atoms with Crippen LogP contribution in [0.4, 0.5) is 4.39 Å². The van der Waals surface area contributed by atoms with Gasteiger partial charge in [-0.3, -0.25) is 0 Å². The second-order valence-corrected chi connectivity index (χ2v) is 5.50. The van der Waals surface area contributed by atoms with E-state index < -0.39 is 0 Å². The second kappa shape index (κ2) is 5.17. The quantitative estimate of drug-likeness (QED) is 0.743. The van der Waals surface area contributed by atoms with Gasteiger partial charge in [0.15, 0.2) is 11.6 Å². The molecular weight excluding hydrogens is 271 g/mol. The smallest absolute Gasteiger partial charge is 0.165 e. The van der Waals surface area contributed by atoms with Crippen molar-refractivity contribution in [3.8, 4) is 5.75 Å². The SMILES string of the molecule is COc1ccc(C(Br)CC2CCC2)cc1F. The minimum absolute atomic E-state index is 0.262. The zero-order valence-electron chi connectivity index (χ0n) is 9.38. The van der Waals surface area contributed by atoms with E-state index in [4.69, 9.17) is 4.74 Å². The monoisotopic (exact) mass is 286 g/mol. The molecule has 0 bridgehead atoms. The Kier molecular flexibility index (Phi) is 3.85. The lowest BCUT2D eigenvalue weighted by molar-refractivity contribution is 0.295. The van der Waals surface area contributed by atoms with Crippen LogP contribution >= 0.6 is 15.9 Å². The molecule has 3 heteroatoms. The Bertz CT molecular complexity index is 363. The van der Waals surface area contributed by atoms with Crippen LogP contribution in [-0.2, 0) is 0 Å². The average molecular weight is 287 g/mol. The van der Waals surface area contributed by atoms with Gasteiger partial charge in [0.2, 0.25) is 0 Å².